The average molecular weight is 427 g/mol. The molecule has 0 spiro atoms. The molecule has 4 N–H and O–H groups in total. The summed E-state index contributed by atoms with van der Waals surface area (Å²) in [6, 6.07) is 0. The number of aliphatic carboxylic acids is 1. The molecule has 0 aromatic rings. The molecule has 7 heteroatoms. The summed E-state index contributed by atoms with van der Waals surface area (Å²) in [5.74, 6) is -0.883. The van der Waals surface area contributed by atoms with Crippen molar-refractivity contribution in [3.05, 3.63) is 12.2 Å². The topological polar surface area (TPSA) is 124 Å². The van der Waals surface area contributed by atoms with Crippen LogP contribution in [0.15, 0.2) is 12.2 Å². The Balaban J connectivity index is 2.06. The lowest BCUT2D eigenvalue weighted by Gasteiger charge is -2.47. The first-order valence-corrected chi connectivity index (χ1v) is 11.3. The normalized spacial score (nSPS) is 33.9. The van der Waals surface area contributed by atoms with Crippen molar-refractivity contribution in [1.82, 2.24) is 0 Å². The van der Waals surface area contributed by atoms with Crippen molar-refractivity contribution in [2.75, 3.05) is 0 Å². The number of allylic oxidation sites excluding steroid dienone is 2. The molecular weight excluding hydrogens is 388 g/mol. The van der Waals surface area contributed by atoms with E-state index < -0.39 is 24.3 Å². The quantitative estimate of drug-likeness (QED) is 0.312. The summed E-state index contributed by atoms with van der Waals surface area (Å²) in [7, 11) is 0. The van der Waals surface area contributed by atoms with Crippen LogP contribution in [0.25, 0.3) is 0 Å². The van der Waals surface area contributed by atoms with Crippen molar-refractivity contribution >= 4 is 11.9 Å². The molecule has 7 nitrogen and oxygen atoms in total. The van der Waals surface area contributed by atoms with E-state index in [-0.39, 0.29) is 54.5 Å². The zero-order valence-corrected chi connectivity index (χ0v) is 18.3. The highest BCUT2D eigenvalue weighted by atomic mass is 16.5. The van der Waals surface area contributed by atoms with Crippen LogP contribution in [0.3, 0.4) is 0 Å². The van der Waals surface area contributed by atoms with E-state index in [1.54, 1.807) is 0 Å². The predicted molar refractivity (Wildman–Crippen MR) is 111 cm³/mol. The van der Waals surface area contributed by atoms with Gasteiger partial charge in [-0.25, -0.2) is 0 Å². The van der Waals surface area contributed by atoms with Crippen LogP contribution in [0.1, 0.15) is 65.7 Å². The van der Waals surface area contributed by atoms with Gasteiger partial charge in [0.05, 0.1) is 30.7 Å². The molecule has 2 aliphatic rings. The second kappa shape index (κ2) is 11.3. The fourth-order valence-corrected chi connectivity index (χ4v) is 5.00. The van der Waals surface area contributed by atoms with Crippen LogP contribution < -0.4 is 0 Å². The number of carbonyl (C=O) groups is 2. The summed E-state index contributed by atoms with van der Waals surface area (Å²) in [5, 5.41) is 39.2. The zero-order valence-electron chi connectivity index (χ0n) is 18.3. The number of hydrogen-bond acceptors (Lipinski definition) is 6. The molecular formula is C23H38O7. The number of carboxylic acid groups (broad SMARTS) is 1. The van der Waals surface area contributed by atoms with E-state index in [0.717, 1.165) is 0 Å². The molecule has 0 bridgehead atoms. The van der Waals surface area contributed by atoms with E-state index in [1.807, 2.05) is 13.8 Å². The largest absolute Gasteiger partial charge is 0.481 e. The first-order chi connectivity index (χ1) is 14.1. The molecule has 9 atom stereocenters. The maximum absolute atomic E-state index is 12.4. The highest BCUT2D eigenvalue weighted by Crippen LogP contribution is 2.46. The van der Waals surface area contributed by atoms with Crippen LogP contribution >= 0.6 is 0 Å². The minimum absolute atomic E-state index is 0.0302. The Bertz CT molecular complexity index is 604. The van der Waals surface area contributed by atoms with Crippen LogP contribution in [-0.4, -0.2) is 56.8 Å². The second-order valence-electron chi connectivity index (χ2n) is 9.28. The third-order valence-electron chi connectivity index (χ3n) is 6.87. The highest BCUT2D eigenvalue weighted by Gasteiger charge is 2.45. The van der Waals surface area contributed by atoms with Crippen molar-refractivity contribution in [1.29, 1.82) is 0 Å². The van der Waals surface area contributed by atoms with Crippen molar-refractivity contribution in [2.24, 2.45) is 29.6 Å². The van der Waals surface area contributed by atoms with Crippen molar-refractivity contribution < 1.29 is 34.8 Å². The molecule has 172 valence electrons. The molecule has 2 aliphatic carbocycles. The molecule has 0 aromatic heterocycles. The van der Waals surface area contributed by atoms with Gasteiger partial charge in [0.15, 0.2) is 0 Å². The number of carboxylic acids is 1. The van der Waals surface area contributed by atoms with E-state index in [0.29, 0.717) is 32.1 Å². The van der Waals surface area contributed by atoms with Crippen molar-refractivity contribution in [2.45, 2.75) is 90.1 Å². The first kappa shape index (κ1) is 24.8. The highest BCUT2D eigenvalue weighted by molar-refractivity contribution is 5.72. The second-order valence-corrected chi connectivity index (χ2v) is 9.28. The molecule has 0 heterocycles. The van der Waals surface area contributed by atoms with Gasteiger partial charge in [-0.1, -0.05) is 32.9 Å². The van der Waals surface area contributed by atoms with Gasteiger partial charge in [0.2, 0.25) is 0 Å². The van der Waals surface area contributed by atoms with Crippen LogP contribution in [0.5, 0.6) is 0 Å². The Morgan fingerprint density at radius 3 is 2.50 bits per heavy atom. The smallest absolute Gasteiger partial charge is 0.308 e. The molecule has 0 radical (unpaired) electrons. The number of hydrogen-bond donors (Lipinski definition) is 4. The lowest BCUT2D eigenvalue weighted by molar-refractivity contribution is -0.166. The molecule has 0 aromatic carbocycles. The van der Waals surface area contributed by atoms with Crippen molar-refractivity contribution in [3.8, 4) is 0 Å². The third-order valence-corrected chi connectivity index (χ3v) is 6.87. The van der Waals surface area contributed by atoms with E-state index >= 15 is 0 Å². The number of carbonyl (C=O) groups excluding carboxylic acids is 1. The SMILES string of the molecule is CC[C@H](C)C(=O)O[C@H]1C[C@H](O)C[C@@H]2C=C[C@H](C)[C@H](CC[C@H](O)C[C@H](O)CC(=O)O)[C@@H]12. The van der Waals surface area contributed by atoms with Crippen LogP contribution in [0, 0.1) is 29.6 Å². The Morgan fingerprint density at radius 2 is 1.87 bits per heavy atom. The Kier molecular flexibility index (Phi) is 9.31. The van der Waals surface area contributed by atoms with Gasteiger partial charge < -0.3 is 25.2 Å². The van der Waals surface area contributed by atoms with Gasteiger partial charge in [0, 0.05) is 12.3 Å². The Labute approximate surface area is 179 Å². The predicted octanol–water partition coefficient (Wildman–Crippen LogP) is 2.52. The summed E-state index contributed by atoms with van der Waals surface area (Å²) in [4.78, 5) is 23.2. The van der Waals surface area contributed by atoms with E-state index in [9.17, 15) is 24.9 Å². The van der Waals surface area contributed by atoms with E-state index in [1.165, 1.54) is 0 Å². The van der Waals surface area contributed by atoms with Gasteiger partial charge in [0.1, 0.15) is 6.10 Å². The van der Waals surface area contributed by atoms with Crippen LogP contribution in [0.4, 0.5) is 0 Å². The summed E-state index contributed by atoms with van der Waals surface area (Å²) in [6.07, 6.45) is 4.11. The molecule has 1 fully saturated rings. The Morgan fingerprint density at radius 1 is 1.17 bits per heavy atom. The zero-order chi connectivity index (χ0) is 22.4. The summed E-state index contributed by atoms with van der Waals surface area (Å²) in [5.41, 5.74) is 0. The third kappa shape index (κ3) is 6.79. The maximum Gasteiger partial charge on any atom is 0.308 e. The number of esters is 1. The average Bonchev–Trinajstić information content (AvgIpc) is 2.65. The molecule has 2 rings (SSSR count). The molecule has 30 heavy (non-hydrogen) atoms. The molecule has 1 saturated carbocycles. The van der Waals surface area contributed by atoms with Gasteiger partial charge in [0.25, 0.3) is 0 Å². The molecule has 0 saturated heterocycles. The monoisotopic (exact) mass is 426 g/mol. The van der Waals surface area contributed by atoms with Crippen molar-refractivity contribution in [3.63, 3.8) is 0 Å². The van der Waals surface area contributed by atoms with E-state index in [2.05, 4.69) is 19.1 Å². The number of ether oxygens (including phenoxy) is 1. The van der Waals surface area contributed by atoms with Gasteiger partial charge in [-0.2, -0.15) is 0 Å². The molecule has 0 aliphatic heterocycles. The maximum atomic E-state index is 12.4. The minimum atomic E-state index is -1.09. The van der Waals surface area contributed by atoms with Gasteiger partial charge in [-0.3, -0.25) is 9.59 Å². The van der Waals surface area contributed by atoms with Gasteiger partial charge >= 0.3 is 11.9 Å². The lowest BCUT2D eigenvalue weighted by Crippen LogP contribution is -2.47. The minimum Gasteiger partial charge on any atom is -0.481 e. The van der Waals surface area contributed by atoms with Crippen LogP contribution in [0.2, 0.25) is 0 Å². The van der Waals surface area contributed by atoms with E-state index in [4.69, 9.17) is 9.84 Å². The molecule has 0 unspecified atom stereocenters. The fraction of sp³-hybridized carbons (Fsp3) is 0.826. The summed E-state index contributed by atoms with van der Waals surface area (Å²) in [6.45, 7) is 5.90. The fourth-order valence-electron chi connectivity index (χ4n) is 5.00. The van der Waals surface area contributed by atoms with Gasteiger partial charge in [-0.15, -0.1) is 0 Å². The van der Waals surface area contributed by atoms with Crippen LogP contribution in [-0.2, 0) is 14.3 Å². The number of rotatable bonds is 10. The number of fused-ring (bicyclic) bond motifs is 1. The van der Waals surface area contributed by atoms with Gasteiger partial charge in [-0.05, 0) is 49.9 Å². The number of aliphatic hydroxyl groups is 3. The summed E-state index contributed by atoms with van der Waals surface area (Å²) >= 11 is 0. The molecule has 0 amide bonds. The first-order valence-electron chi connectivity index (χ1n) is 11.3. The lowest BCUT2D eigenvalue weighted by atomic mass is 9.62. The number of aliphatic hydroxyl groups excluding tert-OH is 3. The Hall–Kier alpha value is -1.44. The standard InChI is InChI=1S/C23H38O7/c1-4-13(2)23(29)30-20-11-17(25)9-15-6-5-14(3)19(22(15)20)8-7-16(24)10-18(26)12-21(27)28/h5-6,13-20,22,24-26H,4,7-12H2,1-3H3,(H,27,28)/t13-,14-,15-,16-,17+,18-,19-,20-,22-/m0/s1. The summed E-state index contributed by atoms with van der Waals surface area (Å²) < 4.78 is 5.88.